The van der Waals surface area contributed by atoms with Crippen LogP contribution in [0.25, 0.3) is 0 Å². The highest BCUT2D eigenvalue weighted by Crippen LogP contribution is 2.23. The van der Waals surface area contributed by atoms with Crippen LogP contribution in [0, 0.1) is 0 Å². The number of benzene rings is 2. The van der Waals surface area contributed by atoms with Crippen molar-refractivity contribution in [3.63, 3.8) is 0 Å². The summed E-state index contributed by atoms with van der Waals surface area (Å²) in [4.78, 5) is 26.4. The largest absolute Gasteiger partial charge is 0.465 e. The summed E-state index contributed by atoms with van der Waals surface area (Å²) in [7, 11) is 0. The average Bonchev–Trinajstić information content (AvgIpc) is 3.35. The van der Waals surface area contributed by atoms with E-state index < -0.39 is 47.4 Å². The molecule has 0 bridgehead atoms. The van der Waals surface area contributed by atoms with Gasteiger partial charge in [-0.25, -0.2) is 4.79 Å². The van der Waals surface area contributed by atoms with Crippen molar-refractivity contribution in [2.24, 2.45) is 0 Å². The van der Waals surface area contributed by atoms with Gasteiger partial charge in [-0.15, -0.1) is 0 Å². The lowest BCUT2D eigenvalue weighted by Crippen LogP contribution is -2.59. The van der Waals surface area contributed by atoms with Crippen LogP contribution in [0.1, 0.15) is 38.3 Å². The first-order valence-electron chi connectivity index (χ1n) is 13.7. The second kappa shape index (κ2) is 14.0. The molecule has 2 aromatic rings. The van der Waals surface area contributed by atoms with Crippen LogP contribution in [0.5, 0.6) is 0 Å². The van der Waals surface area contributed by atoms with E-state index in [9.17, 15) is 30.0 Å². The zero-order valence-electron chi connectivity index (χ0n) is 23.5. The quantitative estimate of drug-likeness (QED) is 0.217. The van der Waals surface area contributed by atoms with Gasteiger partial charge in [-0.05, 0) is 44.7 Å². The van der Waals surface area contributed by atoms with Crippen LogP contribution in [-0.4, -0.2) is 99.1 Å². The number of carbonyl (C=O) groups excluding carboxylic acids is 1. The van der Waals surface area contributed by atoms with E-state index in [0.717, 1.165) is 11.1 Å². The molecule has 1 saturated heterocycles. The monoisotopic (exact) mass is 557 g/mol. The smallest absolute Gasteiger partial charge is 0.408 e. The van der Waals surface area contributed by atoms with Crippen molar-refractivity contribution in [1.82, 2.24) is 15.5 Å². The summed E-state index contributed by atoms with van der Waals surface area (Å²) in [6.45, 7) is 5.55. The standard InChI is InChI=1S/C30H43N3O7/c1-29(2,3)33(28(37)38)24(17-22-12-8-5-9-13-22)26(35)19-31-18-25(34)23(16-21-10-6-4-7-11-21)32-27(36)30(39)14-15-40-20-30/h4-13,23-26,31,34-35,39H,14-20H2,1-3H3,(H,32,36)(H,37,38)/t23-,24-,25+,26+,30?/m0/s1. The Hall–Kier alpha value is -3.02. The van der Waals surface area contributed by atoms with E-state index in [2.05, 4.69) is 10.6 Å². The molecule has 1 fully saturated rings. The van der Waals surface area contributed by atoms with Crippen LogP contribution in [0.2, 0.25) is 0 Å². The van der Waals surface area contributed by atoms with Crippen LogP contribution in [0.15, 0.2) is 60.7 Å². The number of hydrogen-bond donors (Lipinski definition) is 6. The molecule has 2 amide bonds. The van der Waals surface area contributed by atoms with Gasteiger partial charge in [0.1, 0.15) is 0 Å². The number of ether oxygens (including phenoxy) is 1. The van der Waals surface area contributed by atoms with Crippen molar-refractivity contribution in [2.45, 2.75) is 75.5 Å². The van der Waals surface area contributed by atoms with Crippen LogP contribution in [-0.2, 0) is 22.4 Å². The fourth-order valence-corrected chi connectivity index (χ4v) is 5.03. The first kappa shape index (κ1) is 31.5. The van der Waals surface area contributed by atoms with Crippen molar-refractivity contribution in [1.29, 1.82) is 0 Å². The highest BCUT2D eigenvalue weighted by atomic mass is 16.5. The molecular weight excluding hydrogens is 514 g/mol. The van der Waals surface area contributed by atoms with E-state index in [1.807, 2.05) is 60.7 Å². The van der Waals surface area contributed by atoms with Crippen LogP contribution < -0.4 is 10.6 Å². The van der Waals surface area contributed by atoms with Crippen molar-refractivity contribution in [3.8, 4) is 0 Å². The van der Waals surface area contributed by atoms with Gasteiger partial charge in [0.25, 0.3) is 5.91 Å². The highest BCUT2D eigenvalue weighted by molar-refractivity contribution is 5.85. The van der Waals surface area contributed by atoms with Crippen molar-refractivity contribution in [2.75, 3.05) is 26.3 Å². The van der Waals surface area contributed by atoms with Gasteiger partial charge in [-0.3, -0.25) is 9.69 Å². The van der Waals surface area contributed by atoms with Gasteiger partial charge in [0.05, 0.1) is 37.5 Å². The fraction of sp³-hybridized carbons (Fsp3) is 0.533. The third-order valence-corrected chi connectivity index (χ3v) is 7.20. The number of nitrogens with one attached hydrogen (secondary N) is 2. The minimum absolute atomic E-state index is 0.0121. The number of hydrogen-bond acceptors (Lipinski definition) is 7. The van der Waals surface area contributed by atoms with Crippen LogP contribution in [0.3, 0.4) is 0 Å². The summed E-state index contributed by atoms with van der Waals surface area (Å²) in [5.41, 5.74) is -0.620. The van der Waals surface area contributed by atoms with E-state index in [1.165, 1.54) is 4.90 Å². The van der Waals surface area contributed by atoms with Gasteiger partial charge in [-0.2, -0.15) is 0 Å². The van der Waals surface area contributed by atoms with E-state index in [1.54, 1.807) is 20.8 Å². The Morgan fingerprint density at radius 2 is 1.50 bits per heavy atom. The fourth-order valence-electron chi connectivity index (χ4n) is 5.03. The molecule has 3 rings (SSSR count). The molecule has 10 heteroatoms. The molecule has 40 heavy (non-hydrogen) atoms. The molecule has 1 aliphatic heterocycles. The van der Waals surface area contributed by atoms with E-state index in [0.29, 0.717) is 12.8 Å². The lowest BCUT2D eigenvalue weighted by Gasteiger charge is -2.42. The predicted molar refractivity (Wildman–Crippen MR) is 151 cm³/mol. The summed E-state index contributed by atoms with van der Waals surface area (Å²) < 4.78 is 5.20. The molecule has 5 atom stereocenters. The number of nitrogens with zero attached hydrogens (tertiary/aromatic N) is 1. The number of rotatable bonds is 13. The van der Waals surface area contributed by atoms with Crippen molar-refractivity contribution >= 4 is 12.0 Å². The van der Waals surface area contributed by atoms with Gasteiger partial charge < -0.3 is 35.8 Å². The SMILES string of the molecule is CC(C)(C)N(C(=O)O)[C@@H](Cc1ccccc1)[C@H](O)CNC[C@@H](O)[C@H](Cc1ccccc1)NC(=O)C1(O)CCOC1. The van der Waals surface area contributed by atoms with E-state index in [4.69, 9.17) is 4.74 Å². The maximum atomic E-state index is 12.9. The average molecular weight is 558 g/mol. The highest BCUT2D eigenvalue weighted by Gasteiger charge is 2.42. The molecule has 0 radical (unpaired) electrons. The normalized spacial score (nSPS) is 20.4. The molecular formula is C30H43N3O7. The Morgan fingerprint density at radius 3 is 2.00 bits per heavy atom. The Bertz CT molecular complexity index is 1070. The second-order valence-electron chi connectivity index (χ2n) is 11.5. The summed E-state index contributed by atoms with van der Waals surface area (Å²) in [6.07, 6.45) is -2.47. The number of carbonyl (C=O) groups is 2. The Labute approximate surface area is 236 Å². The molecule has 1 heterocycles. The molecule has 1 unspecified atom stereocenters. The molecule has 0 aliphatic carbocycles. The summed E-state index contributed by atoms with van der Waals surface area (Å²) >= 11 is 0. The molecule has 220 valence electrons. The van der Waals surface area contributed by atoms with E-state index in [-0.39, 0.29) is 32.7 Å². The molecule has 0 aromatic heterocycles. The Balaban J connectivity index is 1.69. The lowest BCUT2D eigenvalue weighted by molar-refractivity contribution is -0.141. The number of amides is 2. The first-order chi connectivity index (χ1) is 18.9. The first-order valence-corrected chi connectivity index (χ1v) is 13.7. The third-order valence-electron chi connectivity index (χ3n) is 7.20. The Kier molecular flexibility index (Phi) is 11.1. The summed E-state index contributed by atoms with van der Waals surface area (Å²) in [5, 5.41) is 48.8. The maximum Gasteiger partial charge on any atom is 0.408 e. The van der Waals surface area contributed by atoms with Gasteiger partial charge in [0.15, 0.2) is 5.60 Å². The molecule has 2 aromatic carbocycles. The topological polar surface area (TPSA) is 152 Å². The lowest BCUT2D eigenvalue weighted by atomic mass is 9.94. The molecule has 0 spiro atoms. The third kappa shape index (κ3) is 8.74. The van der Waals surface area contributed by atoms with Gasteiger partial charge in [0.2, 0.25) is 0 Å². The molecule has 1 aliphatic rings. The zero-order valence-corrected chi connectivity index (χ0v) is 23.5. The Morgan fingerprint density at radius 1 is 0.950 bits per heavy atom. The van der Waals surface area contributed by atoms with Crippen molar-refractivity contribution in [3.05, 3.63) is 71.8 Å². The van der Waals surface area contributed by atoms with Gasteiger partial charge in [-0.1, -0.05) is 60.7 Å². The van der Waals surface area contributed by atoms with Crippen LogP contribution >= 0.6 is 0 Å². The number of carboxylic acid groups (broad SMARTS) is 1. The summed E-state index contributed by atoms with van der Waals surface area (Å²) in [5.74, 6) is -0.602. The van der Waals surface area contributed by atoms with Crippen LogP contribution in [0.4, 0.5) is 4.79 Å². The van der Waals surface area contributed by atoms with Gasteiger partial charge in [0, 0.05) is 25.0 Å². The number of aliphatic hydroxyl groups excluding tert-OH is 2. The zero-order chi connectivity index (χ0) is 29.3. The molecule has 0 saturated carbocycles. The van der Waals surface area contributed by atoms with Gasteiger partial charge >= 0.3 is 6.09 Å². The predicted octanol–water partition coefficient (Wildman–Crippen LogP) is 1.57. The molecule has 10 nitrogen and oxygen atoms in total. The van der Waals surface area contributed by atoms with E-state index >= 15 is 0 Å². The summed E-state index contributed by atoms with van der Waals surface area (Å²) in [6, 6.07) is 17.3. The molecule has 6 N–H and O–H groups in total. The van der Waals surface area contributed by atoms with Crippen molar-refractivity contribution < 1.29 is 34.8 Å². The minimum Gasteiger partial charge on any atom is -0.465 e. The minimum atomic E-state index is -1.64. The maximum absolute atomic E-state index is 12.9. The number of aliphatic hydroxyl groups is 3. The second-order valence-corrected chi connectivity index (χ2v) is 11.5.